The summed E-state index contributed by atoms with van der Waals surface area (Å²) in [6.07, 6.45) is 4.45. The first kappa shape index (κ1) is 11.1. The van der Waals surface area contributed by atoms with Crippen LogP contribution in [0.2, 0.25) is 0 Å². The first-order chi connectivity index (χ1) is 8.16. The summed E-state index contributed by atoms with van der Waals surface area (Å²) in [7, 11) is 3.67. The van der Waals surface area contributed by atoms with E-state index in [2.05, 4.69) is 20.4 Å². The smallest absolute Gasteiger partial charge is 0.294 e. The molecule has 1 N–H and O–H groups in total. The Labute approximate surface area is 97.5 Å². The molecule has 0 spiro atoms. The van der Waals surface area contributed by atoms with E-state index in [1.54, 1.807) is 4.90 Å². The van der Waals surface area contributed by atoms with Crippen molar-refractivity contribution in [3.63, 3.8) is 0 Å². The van der Waals surface area contributed by atoms with E-state index in [4.69, 9.17) is 4.52 Å². The Morgan fingerprint density at radius 3 is 2.59 bits per heavy atom. The fourth-order valence-corrected chi connectivity index (χ4v) is 1.14. The summed E-state index contributed by atoms with van der Waals surface area (Å²) >= 11 is 0. The lowest BCUT2D eigenvalue weighted by atomic mass is 10.4. The van der Waals surface area contributed by atoms with Crippen LogP contribution in [-0.4, -0.2) is 35.1 Å². The molecular weight excluding hydrogens is 222 g/mol. The van der Waals surface area contributed by atoms with Crippen LogP contribution in [0.3, 0.4) is 0 Å². The van der Waals surface area contributed by atoms with E-state index in [-0.39, 0.29) is 11.7 Å². The predicted molar refractivity (Wildman–Crippen MR) is 60.8 cm³/mol. The zero-order valence-electron chi connectivity index (χ0n) is 9.41. The molecule has 17 heavy (non-hydrogen) atoms. The molecule has 88 valence electrons. The van der Waals surface area contributed by atoms with Crippen LogP contribution in [0, 0.1) is 0 Å². The van der Waals surface area contributed by atoms with Crippen molar-refractivity contribution in [1.29, 1.82) is 0 Å². The fraction of sp³-hybridized carbons (Fsp3) is 0.200. The van der Waals surface area contributed by atoms with Gasteiger partial charge in [0.15, 0.2) is 0 Å². The molecular formula is C10H11N5O2. The van der Waals surface area contributed by atoms with Gasteiger partial charge in [-0.05, 0) is 0 Å². The van der Waals surface area contributed by atoms with Crippen molar-refractivity contribution in [3.05, 3.63) is 30.4 Å². The molecule has 2 aromatic heterocycles. The maximum absolute atomic E-state index is 11.6. The van der Waals surface area contributed by atoms with Crippen LogP contribution < -0.4 is 10.2 Å². The molecule has 0 unspecified atom stereocenters. The minimum atomic E-state index is -0.385. The van der Waals surface area contributed by atoms with Crippen LogP contribution in [0.25, 0.3) is 0 Å². The number of anilines is 2. The summed E-state index contributed by atoms with van der Waals surface area (Å²) in [5.74, 6) is 0.327. The molecule has 7 heteroatoms. The van der Waals surface area contributed by atoms with E-state index in [1.807, 2.05) is 14.1 Å². The van der Waals surface area contributed by atoms with E-state index in [9.17, 15) is 4.79 Å². The lowest BCUT2D eigenvalue weighted by Crippen LogP contribution is -2.14. The molecule has 0 aliphatic rings. The molecule has 2 heterocycles. The fourth-order valence-electron chi connectivity index (χ4n) is 1.14. The van der Waals surface area contributed by atoms with E-state index in [1.165, 1.54) is 24.7 Å². The number of nitrogens with one attached hydrogen (secondary N) is 1. The van der Waals surface area contributed by atoms with Gasteiger partial charge in [-0.25, -0.2) is 9.97 Å². The Morgan fingerprint density at radius 2 is 2.06 bits per heavy atom. The van der Waals surface area contributed by atoms with Gasteiger partial charge in [0.2, 0.25) is 11.7 Å². The van der Waals surface area contributed by atoms with Gasteiger partial charge in [0.25, 0.3) is 5.91 Å². The molecule has 0 radical (unpaired) electrons. The maximum atomic E-state index is 11.6. The van der Waals surface area contributed by atoms with Crippen molar-refractivity contribution >= 4 is 17.5 Å². The van der Waals surface area contributed by atoms with Gasteiger partial charge in [-0.2, -0.15) is 0 Å². The SMILES string of the molecule is CN(C)c1ncc(NC(=O)c2ccno2)cn1. The molecule has 0 saturated heterocycles. The van der Waals surface area contributed by atoms with Gasteiger partial charge in [0, 0.05) is 20.2 Å². The standard InChI is InChI=1S/C10H11N5O2/c1-15(2)10-11-5-7(6-12-10)14-9(16)8-3-4-13-17-8/h3-6H,1-2H3,(H,14,16). The zero-order valence-corrected chi connectivity index (χ0v) is 9.41. The minimum Gasteiger partial charge on any atom is -0.351 e. The summed E-state index contributed by atoms with van der Waals surface area (Å²) in [6, 6.07) is 1.48. The van der Waals surface area contributed by atoms with Gasteiger partial charge >= 0.3 is 0 Å². The average molecular weight is 233 g/mol. The Balaban J connectivity index is 2.07. The van der Waals surface area contributed by atoms with Crippen LogP contribution in [-0.2, 0) is 0 Å². The molecule has 0 aliphatic carbocycles. The molecule has 0 aliphatic heterocycles. The molecule has 0 bridgehead atoms. The van der Waals surface area contributed by atoms with E-state index in [0.717, 1.165) is 0 Å². The molecule has 0 saturated carbocycles. The Hall–Kier alpha value is -2.44. The van der Waals surface area contributed by atoms with Crippen molar-refractivity contribution in [3.8, 4) is 0 Å². The van der Waals surface area contributed by atoms with Crippen LogP contribution in [0.15, 0.2) is 29.2 Å². The number of amides is 1. The van der Waals surface area contributed by atoms with Crippen LogP contribution in [0.1, 0.15) is 10.6 Å². The van der Waals surface area contributed by atoms with Crippen molar-refractivity contribution in [2.45, 2.75) is 0 Å². The van der Waals surface area contributed by atoms with E-state index >= 15 is 0 Å². The third-order valence-corrected chi connectivity index (χ3v) is 1.96. The van der Waals surface area contributed by atoms with Gasteiger partial charge in [-0.1, -0.05) is 5.16 Å². The van der Waals surface area contributed by atoms with Gasteiger partial charge in [-0.15, -0.1) is 0 Å². The number of carbonyl (C=O) groups is 1. The second-order valence-corrected chi connectivity index (χ2v) is 3.50. The largest absolute Gasteiger partial charge is 0.351 e. The Morgan fingerprint density at radius 1 is 1.35 bits per heavy atom. The number of hydrogen-bond acceptors (Lipinski definition) is 6. The molecule has 1 amide bonds. The molecule has 0 fully saturated rings. The topological polar surface area (TPSA) is 84.2 Å². The number of hydrogen-bond donors (Lipinski definition) is 1. The number of nitrogens with zero attached hydrogens (tertiary/aromatic N) is 4. The highest BCUT2D eigenvalue weighted by Crippen LogP contribution is 2.09. The quantitative estimate of drug-likeness (QED) is 0.843. The zero-order chi connectivity index (χ0) is 12.3. The Bertz CT molecular complexity index is 492. The van der Waals surface area contributed by atoms with Crippen LogP contribution in [0.5, 0.6) is 0 Å². The minimum absolute atomic E-state index is 0.140. The highest BCUT2D eigenvalue weighted by Gasteiger charge is 2.10. The summed E-state index contributed by atoms with van der Waals surface area (Å²) in [5, 5.41) is 6.04. The van der Waals surface area contributed by atoms with Crippen molar-refractivity contribution < 1.29 is 9.32 Å². The first-order valence-electron chi connectivity index (χ1n) is 4.88. The van der Waals surface area contributed by atoms with Crippen LogP contribution in [0.4, 0.5) is 11.6 Å². The predicted octanol–water partition coefficient (Wildman–Crippen LogP) is 0.783. The summed E-state index contributed by atoms with van der Waals surface area (Å²) in [5.41, 5.74) is 0.497. The molecule has 2 aromatic rings. The van der Waals surface area contributed by atoms with Crippen molar-refractivity contribution in [2.75, 3.05) is 24.3 Å². The summed E-state index contributed by atoms with van der Waals surface area (Å²) in [4.78, 5) is 21.5. The molecule has 7 nitrogen and oxygen atoms in total. The average Bonchev–Trinajstić information content (AvgIpc) is 2.83. The number of carbonyl (C=O) groups excluding carboxylic acids is 1. The molecule has 0 atom stereocenters. The second kappa shape index (κ2) is 4.60. The lowest BCUT2D eigenvalue weighted by molar-refractivity contribution is 0.0988. The van der Waals surface area contributed by atoms with Crippen LogP contribution >= 0.6 is 0 Å². The van der Waals surface area contributed by atoms with Crippen molar-refractivity contribution in [1.82, 2.24) is 15.1 Å². The molecule has 2 rings (SSSR count). The summed E-state index contributed by atoms with van der Waals surface area (Å²) in [6.45, 7) is 0. The van der Waals surface area contributed by atoms with E-state index in [0.29, 0.717) is 11.6 Å². The van der Waals surface area contributed by atoms with Gasteiger partial charge in [0.1, 0.15) is 0 Å². The number of rotatable bonds is 3. The maximum Gasteiger partial charge on any atom is 0.294 e. The van der Waals surface area contributed by atoms with Crippen molar-refractivity contribution in [2.24, 2.45) is 0 Å². The second-order valence-electron chi connectivity index (χ2n) is 3.50. The summed E-state index contributed by atoms with van der Waals surface area (Å²) < 4.78 is 4.72. The van der Waals surface area contributed by atoms with Gasteiger partial charge in [0.05, 0.1) is 24.3 Å². The third kappa shape index (κ3) is 2.57. The Kier molecular flexibility index (Phi) is 2.99. The first-order valence-corrected chi connectivity index (χ1v) is 4.88. The van der Waals surface area contributed by atoms with Gasteiger partial charge < -0.3 is 14.7 Å². The monoisotopic (exact) mass is 233 g/mol. The normalized spacial score (nSPS) is 10.0. The third-order valence-electron chi connectivity index (χ3n) is 1.96. The van der Waals surface area contributed by atoms with Gasteiger partial charge in [-0.3, -0.25) is 4.79 Å². The lowest BCUT2D eigenvalue weighted by Gasteiger charge is -2.09. The highest BCUT2D eigenvalue weighted by molar-refractivity contribution is 6.01. The number of aromatic nitrogens is 3. The molecule has 0 aromatic carbocycles. The van der Waals surface area contributed by atoms with E-state index < -0.39 is 0 Å². The highest BCUT2D eigenvalue weighted by atomic mass is 16.5.